The molecule has 0 radical (unpaired) electrons. The summed E-state index contributed by atoms with van der Waals surface area (Å²) >= 11 is 1.38. The molecule has 0 spiro atoms. The fourth-order valence-electron chi connectivity index (χ4n) is 1.61. The molecule has 5 nitrogen and oxygen atoms in total. The lowest BCUT2D eigenvalue weighted by Crippen LogP contribution is -2.36. The van der Waals surface area contributed by atoms with Crippen LogP contribution in [0.5, 0.6) is 0 Å². The van der Waals surface area contributed by atoms with Crippen molar-refractivity contribution in [2.45, 2.75) is 19.9 Å². The third kappa shape index (κ3) is 1.99. The van der Waals surface area contributed by atoms with E-state index in [1.54, 1.807) is 6.92 Å². The van der Waals surface area contributed by atoms with Crippen LogP contribution in [-0.4, -0.2) is 30.0 Å². The molecule has 1 aromatic heterocycles. The Hall–Kier alpha value is -0.660. The van der Waals surface area contributed by atoms with Crippen molar-refractivity contribution >= 4 is 26.5 Å². The molecule has 2 rings (SSSR count). The Morgan fingerprint density at radius 1 is 1.60 bits per heavy atom. The normalized spacial score (nSPS) is 17.7. The highest BCUT2D eigenvalue weighted by Crippen LogP contribution is 2.27. The maximum Gasteiger partial charge on any atom is 0.214 e. The van der Waals surface area contributed by atoms with Gasteiger partial charge >= 0.3 is 0 Å². The van der Waals surface area contributed by atoms with E-state index in [2.05, 4.69) is 4.98 Å². The molecule has 0 unspecified atom stereocenters. The van der Waals surface area contributed by atoms with E-state index in [0.717, 1.165) is 10.6 Å². The fourth-order valence-corrected chi connectivity index (χ4v) is 3.65. The first-order chi connectivity index (χ1) is 7.03. The number of hydrogen-bond donors (Lipinski definition) is 1. The van der Waals surface area contributed by atoms with Crippen LogP contribution in [-0.2, 0) is 23.0 Å². The number of nitrogen functional groups attached to an aromatic ring is 1. The molecule has 84 valence electrons. The van der Waals surface area contributed by atoms with Gasteiger partial charge in [0.2, 0.25) is 10.0 Å². The monoisotopic (exact) mass is 247 g/mol. The Kier molecular flexibility index (Phi) is 2.70. The van der Waals surface area contributed by atoms with Gasteiger partial charge in [-0.2, -0.15) is 4.31 Å². The third-order valence-corrected chi connectivity index (χ3v) is 5.21. The highest BCUT2D eigenvalue weighted by molar-refractivity contribution is 7.89. The molecule has 0 saturated heterocycles. The highest BCUT2D eigenvalue weighted by atomic mass is 32.2. The van der Waals surface area contributed by atoms with Gasteiger partial charge in [-0.15, -0.1) is 11.3 Å². The predicted octanol–water partition coefficient (Wildman–Crippen LogP) is 0.433. The molecule has 0 aromatic carbocycles. The molecule has 0 bridgehead atoms. The lowest BCUT2D eigenvalue weighted by atomic mass is 10.2. The number of nitrogens with two attached hydrogens (primary N) is 1. The summed E-state index contributed by atoms with van der Waals surface area (Å²) in [6.45, 7) is 2.61. The van der Waals surface area contributed by atoms with Gasteiger partial charge in [-0.05, 0) is 6.92 Å². The SMILES string of the molecule is CCS(=O)(=O)N1CCc2nc(N)sc2C1. The topological polar surface area (TPSA) is 76.3 Å². The summed E-state index contributed by atoms with van der Waals surface area (Å²) in [4.78, 5) is 5.15. The minimum absolute atomic E-state index is 0.149. The zero-order valence-corrected chi connectivity index (χ0v) is 10.1. The number of fused-ring (bicyclic) bond motifs is 1. The predicted molar refractivity (Wildman–Crippen MR) is 60.1 cm³/mol. The first kappa shape index (κ1) is 10.8. The molecule has 0 saturated carbocycles. The molecule has 0 fully saturated rings. The van der Waals surface area contributed by atoms with Crippen LogP contribution in [0.1, 0.15) is 17.5 Å². The standard InChI is InChI=1S/C8H13N3O2S2/c1-2-15(12,13)11-4-3-6-7(5-11)14-8(9)10-6/h2-5H2,1H3,(H2,9,10). The Morgan fingerprint density at radius 2 is 2.33 bits per heavy atom. The first-order valence-corrected chi connectivity index (χ1v) is 7.17. The second-order valence-corrected chi connectivity index (χ2v) is 6.78. The molecule has 1 aromatic rings. The average molecular weight is 247 g/mol. The molecular weight excluding hydrogens is 234 g/mol. The smallest absolute Gasteiger partial charge is 0.214 e. The molecule has 1 aliphatic rings. The van der Waals surface area contributed by atoms with Gasteiger partial charge in [-0.1, -0.05) is 0 Å². The largest absolute Gasteiger partial charge is 0.375 e. The summed E-state index contributed by atoms with van der Waals surface area (Å²) in [5.41, 5.74) is 6.54. The quantitative estimate of drug-likeness (QED) is 0.822. The second kappa shape index (κ2) is 3.73. The van der Waals surface area contributed by atoms with Gasteiger partial charge in [0, 0.05) is 24.4 Å². The van der Waals surface area contributed by atoms with E-state index >= 15 is 0 Å². The Labute approximate surface area is 93.0 Å². The van der Waals surface area contributed by atoms with E-state index in [0.29, 0.717) is 24.6 Å². The Balaban J connectivity index is 2.26. The molecule has 1 aliphatic heterocycles. The molecule has 2 heterocycles. The van der Waals surface area contributed by atoms with Gasteiger partial charge in [0.1, 0.15) is 0 Å². The summed E-state index contributed by atoms with van der Waals surface area (Å²) in [5, 5.41) is 0.524. The van der Waals surface area contributed by atoms with Crippen LogP contribution in [0.15, 0.2) is 0 Å². The lowest BCUT2D eigenvalue weighted by Gasteiger charge is -2.24. The summed E-state index contributed by atoms with van der Waals surface area (Å²) in [6, 6.07) is 0. The van der Waals surface area contributed by atoms with Gasteiger partial charge < -0.3 is 5.73 Å². The van der Waals surface area contributed by atoms with Gasteiger partial charge in [0.05, 0.1) is 11.4 Å². The molecule has 2 N–H and O–H groups in total. The highest BCUT2D eigenvalue weighted by Gasteiger charge is 2.27. The van der Waals surface area contributed by atoms with Crippen LogP contribution >= 0.6 is 11.3 Å². The van der Waals surface area contributed by atoms with Gasteiger partial charge in [0.25, 0.3) is 0 Å². The lowest BCUT2D eigenvalue weighted by molar-refractivity contribution is 0.394. The minimum Gasteiger partial charge on any atom is -0.375 e. The van der Waals surface area contributed by atoms with Crippen molar-refractivity contribution < 1.29 is 8.42 Å². The van der Waals surface area contributed by atoms with Crippen molar-refractivity contribution in [3.05, 3.63) is 10.6 Å². The number of sulfonamides is 1. The number of aromatic nitrogens is 1. The van der Waals surface area contributed by atoms with Crippen LogP contribution < -0.4 is 5.73 Å². The number of hydrogen-bond acceptors (Lipinski definition) is 5. The summed E-state index contributed by atoms with van der Waals surface area (Å²) < 4.78 is 24.8. The number of rotatable bonds is 2. The minimum atomic E-state index is -3.08. The fraction of sp³-hybridized carbons (Fsp3) is 0.625. The molecule has 0 aliphatic carbocycles. The van der Waals surface area contributed by atoms with Crippen molar-refractivity contribution in [1.82, 2.24) is 9.29 Å². The third-order valence-electron chi connectivity index (χ3n) is 2.47. The van der Waals surface area contributed by atoms with Crippen LogP contribution in [0.4, 0.5) is 5.13 Å². The van der Waals surface area contributed by atoms with E-state index < -0.39 is 10.0 Å². The zero-order valence-electron chi connectivity index (χ0n) is 8.43. The number of nitrogens with zero attached hydrogens (tertiary/aromatic N) is 2. The number of anilines is 1. The van der Waals surface area contributed by atoms with E-state index in [4.69, 9.17) is 5.73 Å². The Morgan fingerprint density at radius 3 is 3.00 bits per heavy atom. The van der Waals surface area contributed by atoms with Crippen LogP contribution in [0, 0.1) is 0 Å². The van der Waals surface area contributed by atoms with Crippen molar-refractivity contribution in [2.75, 3.05) is 18.0 Å². The molecule has 0 amide bonds. The van der Waals surface area contributed by atoms with Crippen molar-refractivity contribution in [3.8, 4) is 0 Å². The first-order valence-electron chi connectivity index (χ1n) is 4.75. The molecule has 15 heavy (non-hydrogen) atoms. The number of thiazole rings is 1. The van der Waals surface area contributed by atoms with E-state index in [1.807, 2.05) is 0 Å². The van der Waals surface area contributed by atoms with Crippen molar-refractivity contribution in [1.29, 1.82) is 0 Å². The summed E-state index contributed by atoms with van der Waals surface area (Å²) in [5.74, 6) is 0.149. The van der Waals surface area contributed by atoms with Gasteiger partial charge in [0.15, 0.2) is 5.13 Å². The van der Waals surface area contributed by atoms with Crippen molar-refractivity contribution in [2.24, 2.45) is 0 Å². The van der Waals surface area contributed by atoms with Gasteiger partial charge in [-0.25, -0.2) is 13.4 Å². The van der Waals surface area contributed by atoms with E-state index in [-0.39, 0.29) is 5.75 Å². The maximum atomic E-state index is 11.6. The average Bonchev–Trinajstić information content (AvgIpc) is 2.56. The molecular formula is C8H13N3O2S2. The van der Waals surface area contributed by atoms with Crippen LogP contribution in [0.3, 0.4) is 0 Å². The van der Waals surface area contributed by atoms with Gasteiger partial charge in [-0.3, -0.25) is 0 Å². The Bertz CT molecular complexity index is 466. The zero-order chi connectivity index (χ0) is 11.1. The maximum absolute atomic E-state index is 11.6. The summed E-state index contributed by atoms with van der Waals surface area (Å²) in [7, 11) is -3.08. The van der Waals surface area contributed by atoms with E-state index in [1.165, 1.54) is 15.6 Å². The molecule has 7 heteroatoms. The van der Waals surface area contributed by atoms with Crippen LogP contribution in [0.25, 0.3) is 0 Å². The second-order valence-electron chi connectivity index (χ2n) is 3.41. The molecule has 0 atom stereocenters. The van der Waals surface area contributed by atoms with Crippen LogP contribution in [0.2, 0.25) is 0 Å². The van der Waals surface area contributed by atoms with E-state index in [9.17, 15) is 8.42 Å². The summed E-state index contributed by atoms with van der Waals surface area (Å²) in [6.07, 6.45) is 0.669. The van der Waals surface area contributed by atoms with Crippen molar-refractivity contribution in [3.63, 3.8) is 0 Å².